The van der Waals surface area contributed by atoms with Crippen LogP contribution in [0.3, 0.4) is 0 Å². The van der Waals surface area contributed by atoms with Gasteiger partial charge in [-0.25, -0.2) is 4.98 Å². The number of hydrogen-bond donors (Lipinski definition) is 2. The maximum absolute atomic E-state index is 4.66. The summed E-state index contributed by atoms with van der Waals surface area (Å²) in [4.78, 5) is 13.8. The Balaban J connectivity index is 1.29. The summed E-state index contributed by atoms with van der Waals surface area (Å²) in [6.45, 7) is 11.3. The number of fused-ring (bicyclic) bond motifs is 2. The second-order valence-electron chi connectivity index (χ2n) is 9.45. The highest BCUT2D eigenvalue weighted by Gasteiger charge is 2.30. The van der Waals surface area contributed by atoms with Crippen molar-refractivity contribution >= 4 is 22.4 Å². The third kappa shape index (κ3) is 3.67. The van der Waals surface area contributed by atoms with E-state index in [1.165, 1.54) is 11.1 Å². The number of rotatable bonds is 3. The Morgan fingerprint density at radius 2 is 2.00 bits per heavy atom. The van der Waals surface area contributed by atoms with Gasteiger partial charge in [0.2, 0.25) is 0 Å². The van der Waals surface area contributed by atoms with E-state index in [4.69, 9.17) is 0 Å². The molecule has 172 valence electrons. The van der Waals surface area contributed by atoms with Gasteiger partial charge in [0.05, 0.1) is 11.3 Å². The van der Waals surface area contributed by atoms with Gasteiger partial charge >= 0.3 is 0 Å². The average Bonchev–Trinajstić information content (AvgIpc) is 3.25. The smallest absolute Gasteiger partial charge is 0.128 e. The van der Waals surface area contributed by atoms with E-state index in [9.17, 15) is 0 Å². The van der Waals surface area contributed by atoms with Gasteiger partial charge in [0, 0.05) is 60.4 Å². The molecule has 3 aromatic heterocycles. The SMILES string of the molecule is C=C1Nc2cc3[nH]nc(-c4ccnc(C)c4)c3cc2CN1[C@@H]1CCCN(c2ccc(C)cn2)C1. The summed E-state index contributed by atoms with van der Waals surface area (Å²) in [6.07, 6.45) is 6.08. The van der Waals surface area contributed by atoms with Crippen LogP contribution in [0.25, 0.3) is 22.2 Å². The first-order valence-electron chi connectivity index (χ1n) is 11.9. The Labute approximate surface area is 199 Å². The third-order valence-electron chi connectivity index (χ3n) is 6.98. The second kappa shape index (κ2) is 8.17. The van der Waals surface area contributed by atoms with Gasteiger partial charge in [0.25, 0.3) is 0 Å². The first-order valence-corrected chi connectivity index (χ1v) is 11.9. The molecule has 2 aliphatic rings. The molecule has 0 radical (unpaired) electrons. The van der Waals surface area contributed by atoms with E-state index >= 15 is 0 Å². The Kier molecular flexibility index (Phi) is 4.98. The molecule has 4 aromatic rings. The molecule has 0 bridgehead atoms. The van der Waals surface area contributed by atoms with Crippen molar-refractivity contribution in [3.8, 4) is 11.3 Å². The molecule has 0 amide bonds. The molecule has 34 heavy (non-hydrogen) atoms. The van der Waals surface area contributed by atoms with Gasteiger partial charge in [-0.2, -0.15) is 5.10 Å². The van der Waals surface area contributed by atoms with E-state index in [0.717, 1.165) is 77.7 Å². The minimum atomic E-state index is 0.382. The maximum Gasteiger partial charge on any atom is 0.128 e. The lowest BCUT2D eigenvalue weighted by Gasteiger charge is -2.44. The molecule has 2 aliphatic heterocycles. The second-order valence-corrected chi connectivity index (χ2v) is 9.45. The molecule has 1 saturated heterocycles. The van der Waals surface area contributed by atoms with Crippen molar-refractivity contribution in [1.82, 2.24) is 25.1 Å². The van der Waals surface area contributed by atoms with E-state index in [1.807, 2.05) is 25.4 Å². The van der Waals surface area contributed by atoms with Crippen LogP contribution in [-0.2, 0) is 6.54 Å². The first-order chi connectivity index (χ1) is 16.5. The quantitative estimate of drug-likeness (QED) is 0.456. The van der Waals surface area contributed by atoms with Crippen molar-refractivity contribution in [2.45, 2.75) is 39.3 Å². The summed E-state index contributed by atoms with van der Waals surface area (Å²) >= 11 is 0. The van der Waals surface area contributed by atoms with Gasteiger partial charge in [-0.15, -0.1) is 0 Å². The summed E-state index contributed by atoms with van der Waals surface area (Å²) in [5.74, 6) is 2.02. The normalized spacial score (nSPS) is 18.2. The number of anilines is 2. The highest BCUT2D eigenvalue weighted by atomic mass is 15.3. The number of nitrogens with one attached hydrogen (secondary N) is 2. The lowest BCUT2D eigenvalue weighted by atomic mass is 9.99. The van der Waals surface area contributed by atoms with Crippen molar-refractivity contribution in [2.75, 3.05) is 23.3 Å². The van der Waals surface area contributed by atoms with Crippen LogP contribution in [0.5, 0.6) is 0 Å². The molecule has 1 fully saturated rings. The van der Waals surface area contributed by atoms with Crippen LogP contribution in [0.15, 0.2) is 61.2 Å². The third-order valence-corrected chi connectivity index (χ3v) is 6.98. The van der Waals surface area contributed by atoms with E-state index in [2.05, 4.69) is 79.1 Å². The molecule has 0 unspecified atom stereocenters. The fourth-order valence-corrected chi connectivity index (χ4v) is 5.19. The number of hydrogen-bond acceptors (Lipinski definition) is 6. The zero-order chi connectivity index (χ0) is 23.2. The largest absolute Gasteiger partial charge is 0.355 e. The monoisotopic (exact) mass is 451 g/mol. The van der Waals surface area contributed by atoms with E-state index in [0.29, 0.717) is 6.04 Å². The summed E-state index contributed by atoms with van der Waals surface area (Å²) in [7, 11) is 0. The number of benzene rings is 1. The Morgan fingerprint density at radius 1 is 1.09 bits per heavy atom. The fourth-order valence-electron chi connectivity index (χ4n) is 5.19. The molecule has 2 N–H and O–H groups in total. The van der Waals surface area contributed by atoms with Crippen LogP contribution in [0.2, 0.25) is 0 Å². The summed E-state index contributed by atoms with van der Waals surface area (Å²) in [5.41, 5.74) is 7.61. The van der Waals surface area contributed by atoms with E-state index < -0.39 is 0 Å². The van der Waals surface area contributed by atoms with Crippen molar-refractivity contribution in [3.63, 3.8) is 0 Å². The molecule has 1 aromatic carbocycles. The lowest BCUT2D eigenvalue weighted by Crippen LogP contribution is -2.49. The van der Waals surface area contributed by atoms with Gasteiger partial charge in [0.15, 0.2) is 0 Å². The van der Waals surface area contributed by atoms with Gasteiger partial charge in [-0.1, -0.05) is 12.6 Å². The lowest BCUT2D eigenvalue weighted by molar-refractivity contribution is 0.215. The fraction of sp³-hybridized carbons (Fsp3) is 0.296. The summed E-state index contributed by atoms with van der Waals surface area (Å²) in [6, 6.07) is 13.2. The predicted octanol–water partition coefficient (Wildman–Crippen LogP) is 5.00. The van der Waals surface area contributed by atoms with Crippen molar-refractivity contribution in [1.29, 1.82) is 0 Å². The van der Waals surface area contributed by atoms with E-state index in [1.54, 1.807) is 0 Å². The number of H-pyrrole nitrogens is 1. The van der Waals surface area contributed by atoms with E-state index in [-0.39, 0.29) is 0 Å². The Morgan fingerprint density at radius 3 is 2.82 bits per heavy atom. The molecule has 0 aliphatic carbocycles. The number of aryl methyl sites for hydroxylation is 2. The Bertz CT molecular complexity index is 1370. The average molecular weight is 452 g/mol. The predicted molar refractivity (Wildman–Crippen MR) is 137 cm³/mol. The molecule has 1 atom stereocenters. The number of piperidine rings is 1. The standard InChI is InChI=1S/C27H29N7/c1-17-6-7-26(29-14-17)33-10-4-5-22(16-33)34-15-21-12-23-25(13-24(21)30-19(34)3)31-32-27(23)20-8-9-28-18(2)11-20/h6-9,11-14,22,30H,3-5,10,15-16H2,1-2H3,(H,31,32)/t22-/m1/s1. The zero-order valence-corrected chi connectivity index (χ0v) is 19.7. The van der Waals surface area contributed by atoms with Crippen molar-refractivity contribution < 1.29 is 0 Å². The van der Waals surface area contributed by atoms with Crippen LogP contribution in [0.4, 0.5) is 11.5 Å². The first kappa shape index (κ1) is 20.7. The number of pyridine rings is 2. The number of aromatic amines is 1. The highest BCUT2D eigenvalue weighted by molar-refractivity contribution is 5.95. The molecular formula is C27H29N7. The van der Waals surface area contributed by atoms with Crippen LogP contribution >= 0.6 is 0 Å². The topological polar surface area (TPSA) is 73.0 Å². The van der Waals surface area contributed by atoms with Gasteiger partial charge in [0.1, 0.15) is 11.5 Å². The summed E-state index contributed by atoms with van der Waals surface area (Å²) in [5, 5.41) is 12.5. The maximum atomic E-state index is 4.66. The Hall–Kier alpha value is -3.87. The number of nitrogens with zero attached hydrogens (tertiary/aromatic N) is 5. The van der Waals surface area contributed by atoms with Crippen LogP contribution in [0.1, 0.15) is 29.7 Å². The van der Waals surface area contributed by atoms with Crippen molar-refractivity contribution in [2.24, 2.45) is 0 Å². The molecule has 0 saturated carbocycles. The zero-order valence-electron chi connectivity index (χ0n) is 19.7. The molecule has 7 nitrogen and oxygen atoms in total. The van der Waals surface area contributed by atoms with Gasteiger partial charge in [-0.3, -0.25) is 10.1 Å². The molecule has 0 spiro atoms. The molecular weight excluding hydrogens is 422 g/mol. The van der Waals surface area contributed by atoms with Crippen LogP contribution in [-0.4, -0.2) is 44.2 Å². The molecule has 7 heteroatoms. The van der Waals surface area contributed by atoms with Crippen molar-refractivity contribution in [3.05, 3.63) is 78.0 Å². The summed E-state index contributed by atoms with van der Waals surface area (Å²) < 4.78 is 0. The molecule has 6 rings (SSSR count). The van der Waals surface area contributed by atoms with Gasteiger partial charge in [-0.05, 0) is 68.1 Å². The van der Waals surface area contributed by atoms with Crippen LogP contribution < -0.4 is 10.2 Å². The highest BCUT2D eigenvalue weighted by Crippen LogP contribution is 2.36. The van der Waals surface area contributed by atoms with Gasteiger partial charge < -0.3 is 15.1 Å². The number of aromatic nitrogens is 4. The minimum Gasteiger partial charge on any atom is -0.355 e. The minimum absolute atomic E-state index is 0.382. The van der Waals surface area contributed by atoms with Crippen LogP contribution in [0, 0.1) is 13.8 Å². The molecule has 5 heterocycles.